The summed E-state index contributed by atoms with van der Waals surface area (Å²) in [7, 11) is 0. The largest absolute Gasteiger partial charge is 0.368 e. The van der Waals surface area contributed by atoms with Gasteiger partial charge in [-0.05, 0) is 32.1 Å². The van der Waals surface area contributed by atoms with E-state index in [4.69, 9.17) is 10.7 Å². The van der Waals surface area contributed by atoms with E-state index >= 15 is 0 Å². The van der Waals surface area contributed by atoms with Crippen LogP contribution in [-0.2, 0) is 0 Å². The second-order valence-corrected chi connectivity index (χ2v) is 7.56. The maximum absolute atomic E-state index is 14.9. The number of nitrogens with one attached hydrogen (secondary N) is 2. The zero-order valence-electron chi connectivity index (χ0n) is 17.6. The Balaban J connectivity index is 1.66. The molecule has 0 spiro atoms. The van der Waals surface area contributed by atoms with Crippen LogP contribution in [-0.4, -0.2) is 36.7 Å². The van der Waals surface area contributed by atoms with Crippen molar-refractivity contribution in [3.8, 4) is 0 Å². The predicted molar refractivity (Wildman–Crippen MR) is 124 cm³/mol. The van der Waals surface area contributed by atoms with Crippen LogP contribution in [0, 0.1) is 5.82 Å². The lowest BCUT2D eigenvalue weighted by Crippen LogP contribution is -2.35. The molecule has 2 aliphatic rings. The SMILES string of the molecule is C=C1C(c2ccccc2F)=C(C(C)Nc2nc(N)nc3nc[nH]c23)N=C2C=CC=C(C)N12. The Morgan fingerprint density at radius 2 is 2.06 bits per heavy atom. The third-order valence-corrected chi connectivity index (χ3v) is 5.42. The monoisotopic (exact) mass is 428 g/mol. The summed E-state index contributed by atoms with van der Waals surface area (Å²) < 4.78 is 14.9. The number of benzene rings is 1. The van der Waals surface area contributed by atoms with Crippen molar-refractivity contribution in [1.29, 1.82) is 0 Å². The Bertz CT molecular complexity index is 1380. The van der Waals surface area contributed by atoms with Gasteiger partial charge in [-0.2, -0.15) is 9.97 Å². The lowest BCUT2D eigenvalue weighted by Gasteiger charge is -2.36. The Morgan fingerprint density at radius 1 is 1.25 bits per heavy atom. The summed E-state index contributed by atoms with van der Waals surface area (Å²) in [6.07, 6.45) is 7.33. The van der Waals surface area contributed by atoms with Crippen molar-refractivity contribution in [2.75, 3.05) is 11.1 Å². The highest BCUT2D eigenvalue weighted by molar-refractivity contribution is 6.04. The number of anilines is 2. The molecule has 8 nitrogen and oxygen atoms in total. The normalized spacial score (nSPS) is 16.7. The van der Waals surface area contributed by atoms with Gasteiger partial charge in [0, 0.05) is 22.5 Å². The van der Waals surface area contributed by atoms with Crippen LogP contribution < -0.4 is 11.1 Å². The number of nitrogens with zero attached hydrogens (tertiary/aromatic N) is 5. The van der Waals surface area contributed by atoms with Gasteiger partial charge in [0.15, 0.2) is 11.5 Å². The molecule has 2 aliphatic heterocycles. The summed E-state index contributed by atoms with van der Waals surface area (Å²) in [6.45, 7) is 8.20. The summed E-state index contributed by atoms with van der Waals surface area (Å²) in [5.74, 6) is 0.960. The van der Waals surface area contributed by atoms with Gasteiger partial charge >= 0.3 is 0 Å². The molecule has 4 heterocycles. The van der Waals surface area contributed by atoms with Gasteiger partial charge < -0.3 is 16.0 Å². The smallest absolute Gasteiger partial charge is 0.224 e. The van der Waals surface area contributed by atoms with Crippen LogP contribution in [0.1, 0.15) is 19.4 Å². The Morgan fingerprint density at radius 3 is 2.88 bits per heavy atom. The highest BCUT2D eigenvalue weighted by Crippen LogP contribution is 2.39. The number of hydrogen-bond donors (Lipinski definition) is 3. The van der Waals surface area contributed by atoms with Crippen molar-refractivity contribution < 1.29 is 4.39 Å². The third kappa shape index (κ3) is 3.15. The van der Waals surface area contributed by atoms with Crippen molar-refractivity contribution >= 4 is 34.3 Å². The molecule has 1 atom stereocenters. The molecular weight excluding hydrogens is 407 g/mol. The summed E-state index contributed by atoms with van der Waals surface area (Å²) in [4.78, 5) is 22.4. The molecule has 2 aromatic heterocycles. The third-order valence-electron chi connectivity index (χ3n) is 5.42. The average Bonchev–Trinajstić information content (AvgIpc) is 3.23. The minimum atomic E-state index is -0.364. The molecule has 5 rings (SSSR count). The van der Waals surface area contributed by atoms with Crippen LogP contribution in [0.25, 0.3) is 16.7 Å². The first-order valence-electron chi connectivity index (χ1n) is 10.1. The molecule has 9 heteroatoms. The molecule has 0 fully saturated rings. The summed E-state index contributed by atoms with van der Waals surface area (Å²) in [6, 6.07) is 6.26. The van der Waals surface area contributed by atoms with E-state index in [1.54, 1.807) is 18.2 Å². The summed E-state index contributed by atoms with van der Waals surface area (Å²) >= 11 is 0. The van der Waals surface area contributed by atoms with Crippen LogP contribution in [0.5, 0.6) is 0 Å². The fraction of sp³-hybridized carbons (Fsp3) is 0.130. The number of H-pyrrole nitrogens is 1. The number of hydrogen-bond acceptors (Lipinski definition) is 7. The van der Waals surface area contributed by atoms with E-state index in [1.165, 1.54) is 12.4 Å². The summed E-state index contributed by atoms with van der Waals surface area (Å²) in [5.41, 5.74) is 10.2. The molecular formula is C23H21FN8. The fourth-order valence-corrected chi connectivity index (χ4v) is 3.98. The van der Waals surface area contributed by atoms with Gasteiger partial charge in [0.1, 0.15) is 17.2 Å². The molecule has 0 saturated carbocycles. The first-order chi connectivity index (χ1) is 15.4. The van der Waals surface area contributed by atoms with Crippen molar-refractivity contribution in [3.05, 3.63) is 83.9 Å². The number of fused-ring (bicyclic) bond motifs is 2. The van der Waals surface area contributed by atoms with Gasteiger partial charge in [-0.25, -0.2) is 14.4 Å². The molecule has 3 aromatic rings. The lowest BCUT2D eigenvalue weighted by molar-refractivity contribution is 0.614. The number of rotatable bonds is 4. The molecule has 0 aliphatic carbocycles. The molecule has 32 heavy (non-hydrogen) atoms. The number of allylic oxidation sites excluding steroid dienone is 4. The van der Waals surface area contributed by atoms with Gasteiger partial charge in [-0.3, -0.25) is 4.90 Å². The number of aromatic amines is 1. The molecule has 0 bridgehead atoms. The first-order valence-corrected chi connectivity index (χ1v) is 10.1. The lowest BCUT2D eigenvalue weighted by atomic mass is 9.94. The quantitative estimate of drug-likeness (QED) is 0.580. The predicted octanol–water partition coefficient (Wildman–Crippen LogP) is 3.99. The molecule has 1 aromatic carbocycles. The molecule has 160 valence electrons. The topological polar surface area (TPSA) is 108 Å². The van der Waals surface area contributed by atoms with Gasteiger partial charge in [0.2, 0.25) is 5.95 Å². The number of aliphatic imine (C=N–C) groups is 1. The fourth-order valence-electron chi connectivity index (χ4n) is 3.98. The standard InChI is InChI=1S/C23H21FN8/c1-12-7-6-10-17-29-19(18(14(3)32(12)17)15-8-4-5-9-16(15)24)13(2)28-22-20-21(27-11-26-20)30-23(25)31-22/h4-11,13H,3H2,1-2H3,(H4,25,26,27,28,30,31). The maximum Gasteiger partial charge on any atom is 0.224 e. The van der Waals surface area contributed by atoms with Gasteiger partial charge in [-0.1, -0.05) is 30.9 Å². The number of imidazole rings is 1. The van der Waals surface area contributed by atoms with E-state index < -0.39 is 0 Å². The maximum atomic E-state index is 14.9. The summed E-state index contributed by atoms with van der Waals surface area (Å²) in [5, 5.41) is 3.34. The molecule has 0 amide bonds. The van der Waals surface area contributed by atoms with E-state index in [9.17, 15) is 4.39 Å². The molecule has 1 unspecified atom stereocenters. The van der Waals surface area contributed by atoms with Crippen LogP contribution >= 0.6 is 0 Å². The number of nitrogens with two attached hydrogens (primary N) is 1. The average molecular weight is 428 g/mol. The van der Waals surface area contributed by atoms with Gasteiger partial charge in [-0.15, -0.1) is 0 Å². The van der Waals surface area contributed by atoms with Crippen molar-refractivity contribution in [2.45, 2.75) is 19.9 Å². The van der Waals surface area contributed by atoms with Crippen molar-refractivity contribution in [3.63, 3.8) is 0 Å². The first kappa shape index (κ1) is 19.7. The minimum absolute atomic E-state index is 0.101. The zero-order chi connectivity index (χ0) is 22.4. The number of halogens is 1. The van der Waals surface area contributed by atoms with Crippen LogP contribution in [0.4, 0.5) is 16.2 Å². The highest BCUT2D eigenvalue weighted by atomic mass is 19.1. The molecule has 0 saturated heterocycles. The molecule has 0 radical (unpaired) electrons. The van der Waals surface area contributed by atoms with E-state index in [0.29, 0.717) is 45.3 Å². The van der Waals surface area contributed by atoms with Gasteiger partial charge in [0.05, 0.1) is 18.1 Å². The van der Waals surface area contributed by atoms with Crippen LogP contribution in [0.2, 0.25) is 0 Å². The highest BCUT2D eigenvalue weighted by Gasteiger charge is 2.31. The van der Waals surface area contributed by atoms with Crippen LogP contribution in [0.3, 0.4) is 0 Å². The molecule has 4 N–H and O–H groups in total. The van der Waals surface area contributed by atoms with E-state index in [2.05, 4.69) is 31.8 Å². The Kier molecular flexibility index (Phi) is 4.58. The van der Waals surface area contributed by atoms with Crippen molar-refractivity contribution in [1.82, 2.24) is 24.8 Å². The Labute approximate surface area is 183 Å². The van der Waals surface area contributed by atoms with E-state index in [-0.39, 0.29) is 17.8 Å². The number of amidine groups is 1. The van der Waals surface area contributed by atoms with E-state index in [1.807, 2.05) is 37.0 Å². The van der Waals surface area contributed by atoms with Gasteiger partial charge in [0.25, 0.3) is 0 Å². The minimum Gasteiger partial charge on any atom is -0.368 e. The number of nitrogen functional groups attached to an aromatic ring is 1. The zero-order valence-corrected chi connectivity index (χ0v) is 17.6. The van der Waals surface area contributed by atoms with E-state index in [0.717, 1.165) is 5.70 Å². The van der Waals surface area contributed by atoms with Crippen LogP contribution in [0.15, 0.2) is 77.5 Å². The second-order valence-electron chi connectivity index (χ2n) is 7.56. The second kappa shape index (κ2) is 7.45. The Hall–Kier alpha value is -4.27. The number of aromatic nitrogens is 4. The van der Waals surface area contributed by atoms with Crippen molar-refractivity contribution in [2.24, 2.45) is 4.99 Å².